The van der Waals surface area contributed by atoms with Crippen LogP contribution in [0.15, 0.2) is 54.6 Å². The van der Waals surface area contributed by atoms with Gasteiger partial charge in [0.25, 0.3) is 5.91 Å². The zero-order chi connectivity index (χ0) is 19.2. The Balaban J connectivity index is 2.30. The number of nitrogens with one attached hydrogen (secondary N) is 1. The van der Waals surface area contributed by atoms with E-state index in [1.807, 2.05) is 6.07 Å². The molecule has 0 saturated heterocycles. The summed E-state index contributed by atoms with van der Waals surface area (Å²) in [6.07, 6.45) is -0.229. The molecule has 5 heteroatoms. The largest absolute Gasteiger partial charge is 0.481 e. The monoisotopic (exact) mass is 351 g/mol. The van der Waals surface area contributed by atoms with Crippen molar-refractivity contribution in [3.63, 3.8) is 0 Å². The van der Waals surface area contributed by atoms with Crippen molar-refractivity contribution in [3.8, 4) is 11.8 Å². The molecule has 5 nitrogen and oxygen atoms in total. The van der Waals surface area contributed by atoms with E-state index in [-0.39, 0.29) is 6.42 Å². The van der Waals surface area contributed by atoms with Crippen molar-refractivity contribution in [3.05, 3.63) is 71.3 Å². The minimum Gasteiger partial charge on any atom is -0.481 e. The molecule has 0 aromatic heterocycles. The Morgan fingerprint density at radius 3 is 2.31 bits per heavy atom. The molecule has 0 spiro atoms. The molecule has 1 amide bonds. The number of hydrogen-bond donors (Lipinski definition) is 3. The van der Waals surface area contributed by atoms with Gasteiger partial charge in [-0.3, -0.25) is 9.59 Å². The number of carbonyl (C=O) groups is 2. The molecular weight excluding hydrogens is 330 g/mol. The smallest absolute Gasteiger partial charge is 0.305 e. The van der Waals surface area contributed by atoms with Crippen LogP contribution in [-0.4, -0.2) is 27.7 Å². The van der Waals surface area contributed by atoms with Crippen LogP contribution < -0.4 is 5.32 Å². The van der Waals surface area contributed by atoms with Crippen molar-refractivity contribution in [1.82, 2.24) is 5.32 Å². The molecule has 134 valence electrons. The number of aliphatic carboxylic acids is 1. The van der Waals surface area contributed by atoms with Crippen molar-refractivity contribution in [1.29, 1.82) is 0 Å². The Kier molecular flexibility index (Phi) is 6.16. The number of amides is 1. The predicted octanol–water partition coefficient (Wildman–Crippen LogP) is 2.75. The van der Waals surface area contributed by atoms with Gasteiger partial charge < -0.3 is 15.5 Å². The van der Waals surface area contributed by atoms with Crippen LogP contribution in [0.25, 0.3) is 0 Å². The molecule has 26 heavy (non-hydrogen) atoms. The maximum Gasteiger partial charge on any atom is 0.305 e. The molecule has 1 atom stereocenters. The lowest BCUT2D eigenvalue weighted by atomic mass is 10.0. The van der Waals surface area contributed by atoms with E-state index in [1.165, 1.54) is 0 Å². The van der Waals surface area contributed by atoms with Gasteiger partial charge in [-0.1, -0.05) is 54.3 Å². The Morgan fingerprint density at radius 1 is 1.08 bits per heavy atom. The summed E-state index contributed by atoms with van der Waals surface area (Å²) in [5, 5.41) is 21.7. The minimum absolute atomic E-state index is 0.229. The van der Waals surface area contributed by atoms with E-state index < -0.39 is 23.5 Å². The number of aliphatic hydroxyl groups is 1. The SMILES string of the molecule is CC(C)(O)C#Cc1ccccc1C(=O)N[C@@H](CC(=O)O)c1ccccc1. The van der Waals surface area contributed by atoms with Crippen LogP contribution in [-0.2, 0) is 4.79 Å². The van der Waals surface area contributed by atoms with Crippen molar-refractivity contribution in [2.24, 2.45) is 0 Å². The number of carboxylic acid groups (broad SMARTS) is 1. The van der Waals surface area contributed by atoms with Gasteiger partial charge in [-0.05, 0) is 31.5 Å². The molecule has 0 aliphatic carbocycles. The van der Waals surface area contributed by atoms with Gasteiger partial charge in [0.2, 0.25) is 0 Å². The molecule has 0 aliphatic rings. The summed E-state index contributed by atoms with van der Waals surface area (Å²) in [7, 11) is 0. The van der Waals surface area contributed by atoms with Crippen LogP contribution in [0, 0.1) is 11.8 Å². The normalized spacial score (nSPS) is 11.8. The first-order valence-corrected chi connectivity index (χ1v) is 8.18. The standard InChI is InChI=1S/C21H21NO4/c1-21(2,26)13-12-15-8-6-7-11-17(15)20(25)22-18(14-19(23)24)16-9-4-3-5-10-16/h3-11,18,26H,14H2,1-2H3,(H,22,25)(H,23,24)/t18-/m0/s1. The molecule has 2 rings (SSSR count). The lowest BCUT2D eigenvalue weighted by molar-refractivity contribution is -0.137. The summed E-state index contributed by atoms with van der Waals surface area (Å²) in [5.41, 5.74) is 0.326. The first-order chi connectivity index (χ1) is 12.3. The van der Waals surface area contributed by atoms with Gasteiger partial charge in [0.15, 0.2) is 0 Å². The van der Waals surface area contributed by atoms with Gasteiger partial charge in [-0.2, -0.15) is 0 Å². The zero-order valence-corrected chi connectivity index (χ0v) is 14.7. The van der Waals surface area contributed by atoms with Crippen LogP contribution in [0.2, 0.25) is 0 Å². The quantitative estimate of drug-likeness (QED) is 0.723. The second-order valence-corrected chi connectivity index (χ2v) is 6.39. The molecule has 0 unspecified atom stereocenters. The zero-order valence-electron chi connectivity index (χ0n) is 14.7. The molecule has 0 bridgehead atoms. The van der Waals surface area contributed by atoms with Crippen LogP contribution in [0.4, 0.5) is 0 Å². The summed E-state index contributed by atoms with van der Waals surface area (Å²) in [5.74, 6) is 4.07. The molecule has 0 aliphatic heterocycles. The van der Waals surface area contributed by atoms with E-state index in [9.17, 15) is 14.7 Å². The molecule has 2 aromatic rings. The molecule has 3 N–H and O–H groups in total. The second kappa shape index (κ2) is 8.32. The lowest BCUT2D eigenvalue weighted by Crippen LogP contribution is -2.30. The molecule has 0 saturated carbocycles. The third-order valence-electron chi connectivity index (χ3n) is 3.56. The maximum atomic E-state index is 12.7. The van der Waals surface area contributed by atoms with Gasteiger partial charge in [-0.15, -0.1) is 0 Å². The second-order valence-electron chi connectivity index (χ2n) is 6.39. The Labute approximate surface area is 152 Å². The van der Waals surface area contributed by atoms with Crippen molar-refractivity contribution < 1.29 is 19.8 Å². The molecule has 0 fully saturated rings. The predicted molar refractivity (Wildman–Crippen MR) is 98.5 cm³/mol. The molecule has 0 heterocycles. The highest BCUT2D eigenvalue weighted by molar-refractivity contribution is 5.97. The Morgan fingerprint density at radius 2 is 1.69 bits per heavy atom. The van der Waals surface area contributed by atoms with Crippen molar-refractivity contribution >= 4 is 11.9 Å². The molecular formula is C21H21NO4. The van der Waals surface area contributed by atoms with Crippen LogP contribution >= 0.6 is 0 Å². The highest BCUT2D eigenvalue weighted by atomic mass is 16.4. The van der Waals surface area contributed by atoms with Crippen molar-refractivity contribution in [2.75, 3.05) is 0 Å². The average molecular weight is 351 g/mol. The van der Waals surface area contributed by atoms with Gasteiger partial charge in [0.05, 0.1) is 18.0 Å². The van der Waals surface area contributed by atoms with Gasteiger partial charge in [0.1, 0.15) is 5.60 Å². The van der Waals surface area contributed by atoms with E-state index >= 15 is 0 Å². The summed E-state index contributed by atoms with van der Waals surface area (Å²) in [6.45, 7) is 3.11. The van der Waals surface area contributed by atoms with E-state index in [4.69, 9.17) is 5.11 Å². The topological polar surface area (TPSA) is 86.6 Å². The first-order valence-electron chi connectivity index (χ1n) is 8.18. The number of benzene rings is 2. The average Bonchev–Trinajstić information content (AvgIpc) is 2.59. The highest BCUT2D eigenvalue weighted by Crippen LogP contribution is 2.18. The van der Waals surface area contributed by atoms with Gasteiger partial charge in [-0.25, -0.2) is 0 Å². The minimum atomic E-state index is -1.18. The fourth-order valence-corrected chi connectivity index (χ4v) is 2.36. The lowest BCUT2D eigenvalue weighted by Gasteiger charge is -2.18. The summed E-state index contributed by atoms with van der Waals surface area (Å²) in [4.78, 5) is 23.9. The van der Waals surface area contributed by atoms with Gasteiger partial charge >= 0.3 is 5.97 Å². The van der Waals surface area contributed by atoms with Crippen LogP contribution in [0.3, 0.4) is 0 Å². The number of carbonyl (C=O) groups excluding carboxylic acids is 1. The molecule has 0 radical (unpaired) electrons. The van der Waals surface area contributed by atoms with E-state index in [0.717, 1.165) is 0 Å². The third kappa shape index (κ3) is 5.76. The highest BCUT2D eigenvalue weighted by Gasteiger charge is 2.20. The van der Waals surface area contributed by atoms with Crippen LogP contribution in [0.5, 0.6) is 0 Å². The number of carboxylic acids is 1. The number of hydrogen-bond acceptors (Lipinski definition) is 3. The summed E-state index contributed by atoms with van der Waals surface area (Å²) in [6, 6.07) is 15.0. The Hall–Kier alpha value is -3.10. The van der Waals surface area contributed by atoms with Gasteiger partial charge in [0, 0.05) is 5.56 Å². The third-order valence-corrected chi connectivity index (χ3v) is 3.56. The maximum absolute atomic E-state index is 12.7. The van der Waals surface area contributed by atoms with E-state index in [1.54, 1.807) is 62.4 Å². The number of rotatable bonds is 5. The first kappa shape index (κ1) is 19.2. The van der Waals surface area contributed by atoms with E-state index in [2.05, 4.69) is 17.2 Å². The molecule has 2 aromatic carbocycles. The van der Waals surface area contributed by atoms with E-state index in [0.29, 0.717) is 16.7 Å². The van der Waals surface area contributed by atoms with Crippen molar-refractivity contribution in [2.45, 2.75) is 31.9 Å². The Bertz CT molecular complexity index is 842. The summed E-state index contributed by atoms with van der Waals surface area (Å²) >= 11 is 0. The summed E-state index contributed by atoms with van der Waals surface area (Å²) < 4.78 is 0. The fourth-order valence-electron chi connectivity index (χ4n) is 2.36. The fraction of sp³-hybridized carbons (Fsp3) is 0.238. The van der Waals surface area contributed by atoms with Crippen LogP contribution in [0.1, 0.15) is 47.8 Å².